The third-order valence-corrected chi connectivity index (χ3v) is 2.97. The minimum atomic E-state index is -0.696. The lowest BCUT2D eigenvalue weighted by atomic mass is 9.78. The van der Waals surface area contributed by atoms with E-state index in [1.165, 1.54) is 0 Å². The first-order chi connectivity index (χ1) is 6.50. The Bertz CT molecular complexity index is 246. The Kier molecular flexibility index (Phi) is 3.72. The highest BCUT2D eigenvalue weighted by Crippen LogP contribution is 2.33. The molecule has 0 fully saturated rings. The van der Waals surface area contributed by atoms with E-state index in [1.54, 1.807) is 0 Å². The standard InChI is InChI=1S/C11H20N2O/c1-7-5-10(8(2)12)4-3-9(7)6-11(13)14/h4,7,9,11,14H,2-3,5-6,12-13H2,1H3/t7-,9?,11+/m1/s1. The minimum absolute atomic E-state index is 0.470. The van der Waals surface area contributed by atoms with Gasteiger partial charge in [0.15, 0.2) is 0 Å². The van der Waals surface area contributed by atoms with Crippen LogP contribution in [0.5, 0.6) is 0 Å². The van der Waals surface area contributed by atoms with Gasteiger partial charge in [0.2, 0.25) is 0 Å². The number of aliphatic hydroxyl groups excluding tert-OH is 1. The summed E-state index contributed by atoms with van der Waals surface area (Å²) in [4.78, 5) is 0. The van der Waals surface area contributed by atoms with Crippen LogP contribution in [0.4, 0.5) is 0 Å². The molecule has 0 saturated heterocycles. The summed E-state index contributed by atoms with van der Waals surface area (Å²) in [5, 5.41) is 9.11. The first kappa shape index (κ1) is 11.3. The summed E-state index contributed by atoms with van der Waals surface area (Å²) < 4.78 is 0. The van der Waals surface area contributed by atoms with Crippen LogP contribution < -0.4 is 11.5 Å². The molecule has 3 heteroatoms. The molecule has 1 unspecified atom stereocenters. The van der Waals surface area contributed by atoms with Gasteiger partial charge in [0.05, 0.1) is 0 Å². The van der Waals surface area contributed by atoms with Crippen molar-refractivity contribution >= 4 is 0 Å². The van der Waals surface area contributed by atoms with Gasteiger partial charge in [-0.15, -0.1) is 0 Å². The molecule has 0 saturated carbocycles. The number of allylic oxidation sites excluding steroid dienone is 2. The van der Waals surface area contributed by atoms with Crippen molar-refractivity contribution in [1.82, 2.24) is 0 Å². The summed E-state index contributed by atoms with van der Waals surface area (Å²) in [6.45, 7) is 5.90. The Hall–Kier alpha value is -0.800. The lowest BCUT2D eigenvalue weighted by Crippen LogP contribution is -2.27. The molecule has 0 aromatic heterocycles. The molecule has 14 heavy (non-hydrogen) atoms. The number of hydrogen-bond acceptors (Lipinski definition) is 3. The van der Waals surface area contributed by atoms with Crippen molar-refractivity contribution in [1.29, 1.82) is 0 Å². The molecule has 0 aromatic rings. The Morgan fingerprint density at radius 2 is 2.43 bits per heavy atom. The summed E-state index contributed by atoms with van der Waals surface area (Å²) in [6.07, 6.45) is 3.99. The average Bonchev–Trinajstić information content (AvgIpc) is 2.07. The van der Waals surface area contributed by atoms with Gasteiger partial charge in [0.25, 0.3) is 0 Å². The van der Waals surface area contributed by atoms with Gasteiger partial charge in [-0.25, -0.2) is 0 Å². The van der Waals surface area contributed by atoms with E-state index in [4.69, 9.17) is 16.6 Å². The predicted octanol–water partition coefficient (Wildman–Crippen LogP) is 1.10. The molecule has 3 atom stereocenters. The smallest absolute Gasteiger partial charge is 0.102 e. The van der Waals surface area contributed by atoms with Gasteiger partial charge in [-0.3, -0.25) is 0 Å². The SMILES string of the molecule is C=C(N)C1=CCC(C[C@@H](N)O)[C@H](C)C1. The van der Waals surface area contributed by atoms with Crippen LogP contribution in [0, 0.1) is 11.8 Å². The van der Waals surface area contributed by atoms with E-state index in [-0.39, 0.29) is 0 Å². The van der Waals surface area contributed by atoms with Crippen molar-refractivity contribution in [3.63, 3.8) is 0 Å². The van der Waals surface area contributed by atoms with Gasteiger partial charge in [-0.1, -0.05) is 19.6 Å². The van der Waals surface area contributed by atoms with Crippen LogP contribution in [0.1, 0.15) is 26.2 Å². The van der Waals surface area contributed by atoms with Crippen molar-refractivity contribution in [3.8, 4) is 0 Å². The van der Waals surface area contributed by atoms with E-state index in [9.17, 15) is 0 Å². The fraction of sp³-hybridized carbons (Fsp3) is 0.636. The largest absolute Gasteiger partial charge is 0.399 e. The summed E-state index contributed by atoms with van der Waals surface area (Å²) in [5.74, 6) is 0.992. The number of aliphatic hydroxyl groups is 1. The first-order valence-corrected chi connectivity index (χ1v) is 5.08. The fourth-order valence-corrected chi connectivity index (χ4v) is 2.02. The zero-order valence-corrected chi connectivity index (χ0v) is 8.74. The van der Waals surface area contributed by atoms with E-state index in [1.807, 2.05) is 0 Å². The van der Waals surface area contributed by atoms with Crippen molar-refractivity contribution in [2.24, 2.45) is 23.3 Å². The van der Waals surface area contributed by atoms with E-state index in [0.29, 0.717) is 24.0 Å². The maximum atomic E-state index is 9.11. The van der Waals surface area contributed by atoms with Crippen LogP contribution >= 0.6 is 0 Å². The Morgan fingerprint density at radius 1 is 1.79 bits per heavy atom. The third-order valence-electron chi connectivity index (χ3n) is 2.97. The zero-order chi connectivity index (χ0) is 10.7. The van der Waals surface area contributed by atoms with E-state index in [0.717, 1.165) is 18.4 Å². The molecule has 0 heterocycles. The maximum absolute atomic E-state index is 9.11. The monoisotopic (exact) mass is 196 g/mol. The average molecular weight is 196 g/mol. The molecule has 0 aromatic carbocycles. The van der Waals surface area contributed by atoms with Crippen LogP contribution in [0.2, 0.25) is 0 Å². The zero-order valence-electron chi connectivity index (χ0n) is 8.74. The molecule has 0 amide bonds. The van der Waals surface area contributed by atoms with Crippen LogP contribution in [0.25, 0.3) is 0 Å². The highest BCUT2D eigenvalue weighted by atomic mass is 16.3. The topological polar surface area (TPSA) is 72.3 Å². The van der Waals surface area contributed by atoms with Gasteiger partial charge < -0.3 is 16.6 Å². The molecule has 1 aliphatic rings. The second-order valence-electron chi connectivity index (χ2n) is 4.23. The summed E-state index contributed by atoms with van der Waals surface area (Å²) in [7, 11) is 0. The molecule has 0 aliphatic heterocycles. The Labute approximate surface area is 85.5 Å². The van der Waals surface area contributed by atoms with Gasteiger partial charge in [0.1, 0.15) is 6.23 Å². The summed E-state index contributed by atoms with van der Waals surface area (Å²) in [6, 6.07) is 0. The third kappa shape index (κ3) is 2.86. The van der Waals surface area contributed by atoms with Crippen molar-refractivity contribution in [3.05, 3.63) is 23.9 Å². The highest BCUT2D eigenvalue weighted by Gasteiger charge is 2.23. The number of hydrogen-bond donors (Lipinski definition) is 3. The molecule has 0 bridgehead atoms. The molecule has 0 spiro atoms. The lowest BCUT2D eigenvalue weighted by molar-refractivity contribution is 0.130. The van der Waals surface area contributed by atoms with E-state index in [2.05, 4.69) is 19.6 Å². The van der Waals surface area contributed by atoms with Crippen molar-refractivity contribution in [2.45, 2.75) is 32.4 Å². The second-order valence-corrected chi connectivity index (χ2v) is 4.23. The number of rotatable bonds is 3. The Balaban J connectivity index is 2.58. The molecular weight excluding hydrogens is 176 g/mol. The number of nitrogens with two attached hydrogens (primary N) is 2. The minimum Gasteiger partial charge on any atom is -0.399 e. The van der Waals surface area contributed by atoms with E-state index < -0.39 is 6.23 Å². The highest BCUT2D eigenvalue weighted by molar-refractivity contribution is 5.27. The lowest BCUT2D eigenvalue weighted by Gasteiger charge is -2.29. The van der Waals surface area contributed by atoms with Gasteiger partial charge in [0, 0.05) is 5.70 Å². The second kappa shape index (κ2) is 4.62. The quantitative estimate of drug-likeness (QED) is 0.592. The first-order valence-electron chi connectivity index (χ1n) is 5.08. The molecule has 1 rings (SSSR count). The van der Waals surface area contributed by atoms with Crippen LogP contribution in [0.15, 0.2) is 23.9 Å². The summed E-state index contributed by atoms with van der Waals surface area (Å²) in [5.41, 5.74) is 12.8. The van der Waals surface area contributed by atoms with Crippen LogP contribution in [-0.4, -0.2) is 11.3 Å². The molecule has 5 N–H and O–H groups in total. The van der Waals surface area contributed by atoms with E-state index >= 15 is 0 Å². The molecule has 0 radical (unpaired) electrons. The van der Waals surface area contributed by atoms with Gasteiger partial charge >= 0.3 is 0 Å². The molecular formula is C11H20N2O. The molecule has 3 nitrogen and oxygen atoms in total. The fourth-order valence-electron chi connectivity index (χ4n) is 2.02. The maximum Gasteiger partial charge on any atom is 0.102 e. The summed E-state index contributed by atoms with van der Waals surface area (Å²) >= 11 is 0. The molecule has 1 aliphatic carbocycles. The van der Waals surface area contributed by atoms with Crippen LogP contribution in [0.3, 0.4) is 0 Å². The normalized spacial score (nSPS) is 29.5. The van der Waals surface area contributed by atoms with Gasteiger partial charge in [-0.05, 0) is 36.7 Å². The van der Waals surface area contributed by atoms with Crippen molar-refractivity contribution in [2.75, 3.05) is 0 Å². The van der Waals surface area contributed by atoms with Crippen molar-refractivity contribution < 1.29 is 5.11 Å². The van der Waals surface area contributed by atoms with Gasteiger partial charge in [-0.2, -0.15) is 0 Å². The predicted molar refractivity (Wildman–Crippen MR) is 58.1 cm³/mol. The van der Waals surface area contributed by atoms with Crippen LogP contribution in [-0.2, 0) is 0 Å². The molecule has 80 valence electrons. The Morgan fingerprint density at radius 3 is 2.86 bits per heavy atom.